The molecule has 0 aromatic carbocycles. The normalized spacial score (nSPS) is 19.2. The predicted molar refractivity (Wildman–Crippen MR) is 89.0 cm³/mol. The maximum atomic E-state index is 12.4. The lowest BCUT2D eigenvalue weighted by molar-refractivity contribution is 0.180. The van der Waals surface area contributed by atoms with Crippen LogP contribution in [-0.2, 0) is 6.54 Å². The Morgan fingerprint density at radius 1 is 1.67 bits per heavy atom. The standard InChI is InChI=1S/C15H22ClN3OS/c1-3-8-19(11-13-6-7-14(16)21-13)15(20)17-12-5-4-9-18(2)10-12/h3,6-7,12H,1,4-5,8-11H2,2H3,(H,17,20)/t12-/m1/s1. The van der Waals surface area contributed by atoms with Gasteiger partial charge in [-0.2, -0.15) is 0 Å². The highest BCUT2D eigenvalue weighted by molar-refractivity contribution is 7.16. The molecular weight excluding hydrogens is 306 g/mol. The monoisotopic (exact) mass is 327 g/mol. The molecule has 6 heteroatoms. The highest BCUT2D eigenvalue weighted by Crippen LogP contribution is 2.22. The van der Waals surface area contributed by atoms with E-state index in [0.29, 0.717) is 13.1 Å². The van der Waals surface area contributed by atoms with Gasteiger partial charge in [-0.15, -0.1) is 17.9 Å². The number of piperidine rings is 1. The van der Waals surface area contributed by atoms with Crippen LogP contribution in [0.2, 0.25) is 4.34 Å². The van der Waals surface area contributed by atoms with Gasteiger partial charge in [-0.25, -0.2) is 4.79 Å². The average Bonchev–Trinajstić information content (AvgIpc) is 2.84. The summed E-state index contributed by atoms with van der Waals surface area (Å²) in [6.07, 6.45) is 3.92. The quantitative estimate of drug-likeness (QED) is 0.843. The van der Waals surface area contributed by atoms with Crippen molar-refractivity contribution in [2.24, 2.45) is 0 Å². The highest BCUT2D eigenvalue weighted by Gasteiger charge is 2.21. The van der Waals surface area contributed by atoms with Gasteiger partial charge in [-0.3, -0.25) is 0 Å². The largest absolute Gasteiger partial charge is 0.334 e. The summed E-state index contributed by atoms with van der Waals surface area (Å²) in [7, 11) is 2.09. The van der Waals surface area contributed by atoms with Gasteiger partial charge in [0.2, 0.25) is 0 Å². The first-order valence-electron chi connectivity index (χ1n) is 7.17. The molecule has 1 aliphatic rings. The SMILES string of the molecule is C=CCN(Cc1ccc(Cl)s1)C(=O)N[C@@H]1CCCN(C)C1. The summed E-state index contributed by atoms with van der Waals surface area (Å²) < 4.78 is 0.748. The van der Waals surface area contributed by atoms with Crippen LogP contribution in [0.5, 0.6) is 0 Å². The summed E-state index contributed by atoms with van der Waals surface area (Å²) in [5, 5.41) is 3.13. The zero-order valence-electron chi connectivity index (χ0n) is 12.3. The van der Waals surface area contributed by atoms with Crippen molar-refractivity contribution in [2.75, 3.05) is 26.7 Å². The molecule has 0 aliphatic carbocycles. The van der Waals surface area contributed by atoms with E-state index in [0.717, 1.165) is 35.1 Å². The van der Waals surface area contributed by atoms with Crippen LogP contribution >= 0.6 is 22.9 Å². The first kappa shape index (κ1) is 16.3. The predicted octanol–water partition coefficient (Wildman–Crippen LogP) is 3.19. The van der Waals surface area contributed by atoms with Gasteiger partial charge in [-0.1, -0.05) is 17.7 Å². The minimum atomic E-state index is -0.0280. The lowest BCUT2D eigenvalue weighted by atomic mass is 10.1. The fraction of sp³-hybridized carbons (Fsp3) is 0.533. The number of hydrogen-bond acceptors (Lipinski definition) is 3. The minimum absolute atomic E-state index is 0.0280. The van der Waals surface area contributed by atoms with Crippen LogP contribution < -0.4 is 5.32 Å². The third-order valence-electron chi connectivity index (χ3n) is 3.56. The summed E-state index contributed by atoms with van der Waals surface area (Å²) in [5.74, 6) is 0. The fourth-order valence-corrected chi connectivity index (χ4v) is 3.65. The Hall–Kier alpha value is -1.04. The number of hydrogen-bond donors (Lipinski definition) is 1. The molecular formula is C15H22ClN3OS. The van der Waals surface area contributed by atoms with E-state index in [1.54, 1.807) is 11.0 Å². The van der Waals surface area contributed by atoms with E-state index in [-0.39, 0.29) is 12.1 Å². The van der Waals surface area contributed by atoms with Crippen molar-refractivity contribution in [1.29, 1.82) is 0 Å². The topological polar surface area (TPSA) is 35.6 Å². The summed E-state index contributed by atoms with van der Waals surface area (Å²) in [6.45, 7) is 6.86. The third-order valence-corrected chi connectivity index (χ3v) is 4.78. The summed E-state index contributed by atoms with van der Waals surface area (Å²) in [6, 6.07) is 4.03. The van der Waals surface area contributed by atoms with E-state index in [1.807, 2.05) is 12.1 Å². The molecule has 2 heterocycles. The van der Waals surface area contributed by atoms with Crippen molar-refractivity contribution in [1.82, 2.24) is 15.1 Å². The second-order valence-electron chi connectivity index (χ2n) is 5.43. The van der Waals surface area contributed by atoms with Crippen molar-refractivity contribution in [3.63, 3.8) is 0 Å². The van der Waals surface area contributed by atoms with E-state index in [1.165, 1.54) is 11.3 Å². The van der Waals surface area contributed by atoms with Gasteiger partial charge in [0, 0.05) is 24.0 Å². The molecule has 116 valence electrons. The molecule has 1 aromatic rings. The van der Waals surface area contributed by atoms with Crippen molar-refractivity contribution >= 4 is 29.0 Å². The molecule has 0 bridgehead atoms. The number of carbonyl (C=O) groups is 1. The van der Waals surface area contributed by atoms with Gasteiger partial charge >= 0.3 is 6.03 Å². The molecule has 1 saturated heterocycles. The number of amides is 2. The van der Waals surface area contributed by atoms with E-state index in [9.17, 15) is 4.79 Å². The second-order valence-corrected chi connectivity index (χ2v) is 7.23. The molecule has 0 spiro atoms. The molecule has 21 heavy (non-hydrogen) atoms. The molecule has 2 rings (SSSR count). The van der Waals surface area contributed by atoms with Gasteiger partial charge in [0.25, 0.3) is 0 Å². The Bertz CT molecular complexity index is 491. The van der Waals surface area contributed by atoms with Crippen LogP contribution in [0.4, 0.5) is 4.79 Å². The van der Waals surface area contributed by atoms with Gasteiger partial charge in [0.15, 0.2) is 0 Å². The van der Waals surface area contributed by atoms with E-state index >= 15 is 0 Å². The summed E-state index contributed by atoms with van der Waals surface area (Å²) in [5.41, 5.74) is 0. The number of urea groups is 1. The first-order valence-corrected chi connectivity index (χ1v) is 8.37. The maximum Gasteiger partial charge on any atom is 0.318 e. The zero-order chi connectivity index (χ0) is 15.2. The molecule has 1 aliphatic heterocycles. The van der Waals surface area contributed by atoms with Crippen LogP contribution in [0.3, 0.4) is 0 Å². The molecule has 1 fully saturated rings. The van der Waals surface area contributed by atoms with E-state index in [4.69, 9.17) is 11.6 Å². The van der Waals surface area contributed by atoms with Crippen LogP contribution in [0.25, 0.3) is 0 Å². The summed E-state index contributed by atoms with van der Waals surface area (Å²) >= 11 is 7.45. The van der Waals surface area contributed by atoms with Gasteiger partial charge in [-0.05, 0) is 38.6 Å². The molecule has 0 saturated carbocycles. The van der Waals surface area contributed by atoms with E-state index in [2.05, 4.69) is 23.8 Å². The number of thiophene rings is 1. The number of likely N-dealkylation sites (N-methyl/N-ethyl adjacent to an activating group) is 1. The molecule has 0 unspecified atom stereocenters. The lowest BCUT2D eigenvalue weighted by Crippen LogP contribution is -2.50. The summed E-state index contributed by atoms with van der Waals surface area (Å²) in [4.78, 5) is 17.5. The fourth-order valence-electron chi connectivity index (χ4n) is 2.55. The minimum Gasteiger partial charge on any atom is -0.334 e. The maximum absolute atomic E-state index is 12.4. The smallest absolute Gasteiger partial charge is 0.318 e. The molecule has 1 N–H and O–H groups in total. The Morgan fingerprint density at radius 3 is 3.10 bits per heavy atom. The van der Waals surface area contributed by atoms with Gasteiger partial charge < -0.3 is 15.1 Å². The number of nitrogens with one attached hydrogen (secondary N) is 1. The number of halogens is 1. The number of likely N-dealkylation sites (tertiary alicyclic amines) is 1. The van der Waals surface area contributed by atoms with E-state index < -0.39 is 0 Å². The van der Waals surface area contributed by atoms with Crippen LogP contribution in [-0.4, -0.2) is 48.6 Å². The number of rotatable bonds is 5. The van der Waals surface area contributed by atoms with Crippen molar-refractivity contribution in [2.45, 2.75) is 25.4 Å². The van der Waals surface area contributed by atoms with Crippen LogP contribution in [0, 0.1) is 0 Å². The Kier molecular flexibility index (Phi) is 6.08. The Labute approximate surface area is 135 Å². The highest BCUT2D eigenvalue weighted by atomic mass is 35.5. The van der Waals surface area contributed by atoms with Gasteiger partial charge in [0.05, 0.1) is 10.9 Å². The van der Waals surface area contributed by atoms with Crippen LogP contribution in [0.1, 0.15) is 17.7 Å². The Morgan fingerprint density at radius 2 is 2.48 bits per heavy atom. The van der Waals surface area contributed by atoms with Crippen LogP contribution in [0.15, 0.2) is 24.8 Å². The number of carbonyl (C=O) groups excluding carboxylic acids is 1. The average molecular weight is 328 g/mol. The first-order chi connectivity index (χ1) is 10.1. The molecule has 0 radical (unpaired) electrons. The number of nitrogens with zero attached hydrogens (tertiary/aromatic N) is 2. The lowest BCUT2D eigenvalue weighted by Gasteiger charge is -2.32. The second kappa shape index (κ2) is 7.82. The van der Waals surface area contributed by atoms with Gasteiger partial charge in [0.1, 0.15) is 0 Å². The molecule has 1 atom stereocenters. The third kappa shape index (κ3) is 5.02. The van der Waals surface area contributed by atoms with Crippen molar-refractivity contribution in [3.05, 3.63) is 34.0 Å². The molecule has 4 nitrogen and oxygen atoms in total. The zero-order valence-corrected chi connectivity index (χ0v) is 13.9. The molecule has 1 aromatic heterocycles. The molecule has 2 amide bonds. The van der Waals surface area contributed by atoms with Crippen molar-refractivity contribution in [3.8, 4) is 0 Å². The Balaban J connectivity index is 1.93. The van der Waals surface area contributed by atoms with Crippen molar-refractivity contribution < 1.29 is 4.79 Å².